The summed E-state index contributed by atoms with van der Waals surface area (Å²) in [4.78, 5) is 11.5. The Balaban J connectivity index is 2.04. The van der Waals surface area contributed by atoms with Crippen LogP contribution in [-0.2, 0) is 4.79 Å². The van der Waals surface area contributed by atoms with Crippen LogP contribution in [0.2, 0.25) is 0 Å². The summed E-state index contributed by atoms with van der Waals surface area (Å²) in [6.45, 7) is 0.944. The largest absolute Gasteiger partial charge is 0.396 e. The third-order valence-electron chi connectivity index (χ3n) is 3.23. The van der Waals surface area contributed by atoms with E-state index in [1.807, 2.05) is 0 Å². The van der Waals surface area contributed by atoms with E-state index in [0.29, 0.717) is 6.42 Å². The topological polar surface area (TPSA) is 49.3 Å². The van der Waals surface area contributed by atoms with E-state index in [0.717, 1.165) is 45.1 Å². The predicted octanol–water partition coefficient (Wildman–Crippen LogP) is 1.46. The van der Waals surface area contributed by atoms with Crippen molar-refractivity contribution in [2.24, 2.45) is 5.41 Å². The monoisotopic (exact) mass is 223 g/mol. The first-order valence-corrected chi connectivity index (χ1v) is 6.03. The Hall–Kier alpha value is -1.01. The summed E-state index contributed by atoms with van der Waals surface area (Å²) >= 11 is 0. The first-order valence-electron chi connectivity index (χ1n) is 6.03. The van der Waals surface area contributed by atoms with Crippen LogP contribution in [0.1, 0.15) is 44.9 Å². The maximum Gasteiger partial charge on any atom is 0.220 e. The number of terminal acetylenes is 1. The minimum absolute atomic E-state index is 0.112. The number of aliphatic hydroxyl groups excluding tert-OH is 1. The zero-order valence-electron chi connectivity index (χ0n) is 9.80. The number of hydrogen-bond donors (Lipinski definition) is 2. The SMILES string of the molecule is C#CCCCCC(=O)NCC1(CCO)CC1. The second-order valence-electron chi connectivity index (χ2n) is 4.66. The van der Waals surface area contributed by atoms with Crippen molar-refractivity contribution in [1.82, 2.24) is 5.32 Å². The van der Waals surface area contributed by atoms with Crippen LogP contribution in [0.25, 0.3) is 0 Å². The van der Waals surface area contributed by atoms with Gasteiger partial charge in [0.2, 0.25) is 5.91 Å². The lowest BCUT2D eigenvalue weighted by atomic mass is 10.0. The summed E-state index contributed by atoms with van der Waals surface area (Å²) in [5, 5.41) is 11.8. The maximum atomic E-state index is 11.5. The summed E-state index contributed by atoms with van der Waals surface area (Å²) in [6, 6.07) is 0. The average Bonchev–Trinajstić information content (AvgIpc) is 3.03. The Kier molecular flexibility index (Phi) is 5.34. The van der Waals surface area contributed by atoms with E-state index >= 15 is 0 Å². The Labute approximate surface area is 97.6 Å². The van der Waals surface area contributed by atoms with E-state index in [9.17, 15) is 4.79 Å². The molecule has 0 spiro atoms. The van der Waals surface area contributed by atoms with E-state index in [2.05, 4.69) is 11.2 Å². The van der Waals surface area contributed by atoms with Crippen molar-refractivity contribution in [2.75, 3.05) is 13.2 Å². The fourth-order valence-electron chi connectivity index (χ4n) is 1.82. The molecule has 1 fully saturated rings. The molecule has 90 valence electrons. The smallest absolute Gasteiger partial charge is 0.220 e. The lowest BCUT2D eigenvalue weighted by Crippen LogP contribution is -2.30. The van der Waals surface area contributed by atoms with Gasteiger partial charge in [0, 0.05) is 26.0 Å². The third-order valence-corrected chi connectivity index (χ3v) is 3.23. The highest BCUT2D eigenvalue weighted by Crippen LogP contribution is 2.47. The molecule has 0 bridgehead atoms. The van der Waals surface area contributed by atoms with Crippen molar-refractivity contribution < 1.29 is 9.90 Å². The lowest BCUT2D eigenvalue weighted by molar-refractivity contribution is -0.121. The number of carbonyl (C=O) groups is 1. The summed E-state index contributed by atoms with van der Waals surface area (Å²) < 4.78 is 0. The molecule has 1 rings (SSSR count). The molecule has 1 aliphatic rings. The van der Waals surface area contributed by atoms with Crippen LogP contribution < -0.4 is 5.32 Å². The number of unbranched alkanes of at least 4 members (excludes halogenated alkanes) is 2. The molecule has 0 aromatic rings. The fourth-order valence-corrected chi connectivity index (χ4v) is 1.82. The normalized spacial score (nSPS) is 16.5. The molecule has 1 saturated carbocycles. The molecule has 0 aliphatic heterocycles. The van der Waals surface area contributed by atoms with Crippen LogP contribution in [0.5, 0.6) is 0 Å². The van der Waals surface area contributed by atoms with Gasteiger partial charge in [0.25, 0.3) is 0 Å². The molecular weight excluding hydrogens is 202 g/mol. The second kappa shape index (κ2) is 6.55. The van der Waals surface area contributed by atoms with Gasteiger partial charge in [-0.1, -0.05) is 0 Å². The van der Waals surface area contributed by atoms with Gasteiger partial charge in [-0.05, 0) is 37.5 Å². The van der Waals surface area contributed by atoms with Crippen LogP contribution in [-0.4, -0.2) is 24.2 Å². The van der Waals surface area contributed by atoms with Gasteiger partial charge in [0.05, 0.1) is 0 Å². The molecule has 1 amide bonds. The van der Waals surface area contributed by atoms with Crippen molar-refractivity contribution in [3.05, 3.63) is 0 Å². The molecule has 0 unspecified atom stereocenters. The average molecular weight is 223 g/mol. The first-order chi connectivity index (χ1) is 7.72. The predicted molar refractivity (Wildman–Crippen MR) is 63.7 cm³/mol. The van der Waals surface area contributed by atoms with Crippen molar-refractivity contribution in [3.63, 3.8) is 0 Å². The molecule has 0 radical (unpaired) electrons. The number of nitrogens with one attached hydrogen (secondary N) is 1. The van der Waals surface area contributed by atoms with Gasteiger partial charge in [-0.2, -0.15) is 0 Å². The standard InChI is InChI=1S/C13H21NO2/c1-2-3-4-5-6-12(16)14-11-13(7-8-13)9-10-15/h1,15H,3-11H2,(H,14,16). The summed E-state index contributed by atoms with van der Waals surface area (Å²) in [6.07, 6.45) is 11.3. The third kappa shape index (κ3) is 4.67. The van der Waals surface area contributed by atoms with Gasteiger partial charge in [-0.3, -0.25) is 4.79 Å². The minimum Gasteiger partial charge on any atom is -0.396 e. The van der Waals surface area contributed by atoms with Gasteiger partial charge in [0.1, 0.15) is 0 Å². The zero-order valence-corrected chi connectivity index (χ0v) is 9.80. The summed E-state index contributed by atoms with van der Waals surface area (Å²) in [7, 11) is 0. The summed E-state index contributed by atoms with van der Waals surface area (Å²) in [5.74, 6) is 2.68. The minimum atomic E-state index is 0.112. The van der Waals surface area contributed by atoms with Gasteiger partial charge < -0.3 is 10.4 Å². The summed E-state index contributed by atoms with van der Waals surface area (Å²) in [5.41, 5.74) is 0.212. The second-order valence-corrected chi connectivity index (χ2v) is 4.66. The molecule has 0 atom stereocenters. The molecule has 3 heteroatoms. The van der Waals surface area contributed by atoms with Crippen molar-refractivity contribution >= 4 is 5.91 Å². The maximum absolute atomic E-state index is 11.5. The quantitative estimate of drug-likeness (QED) is 0.483. The highest BCUT2D eigenvalue weighted by atomic mass is 16.3. The Morgan fingerprint density at radius 2 is 2.19 bits per heavy atom. The molecule has 0 aromatic carbocycles. The van der Waals surface area contributed by atoms with E-state index in [-0.39, 0.29) is 17.9 Å². The number of hydrogen-bond acceptors (Lipinski definition) is 2. The molecule has 16 heavy (non-hydrogen) atoms. The van der Waals surface area contributed by atoms with Gasteiger partial charge in [-0.15, -0.1) is 12.3 Å². The molecule has 1 aliphatic carbocycles. The van der Waals surface area contributed by atoms with E-state index < -0.39 is 0 Å². The number of rotatable bonds is 8. The molecule has 0 aromatic heterocycles. The van der Waals surface area contributed by atoms with Crippen LogP contribution in [0.3, 0.4) is 0 Å². The van der Waals surface area contributed by atoms with Crippen molar-refractivity contribution in [1.29, 1.82) is 0 Å². The van der Waals surface area contributed by atoms with Crippen molar-refractivity contribution in [2.45, 2.75) is 44.9 Å². The Morgan fingerprint density at radius 3 is 2.75 bits per heavy atom. The molecule has 3 nitrogen and oxygen atoms in total. The van der Waals surface area contributed by atoms with Gasteiger partial charge in [-0.25, -0.2) is 0 Å². The number of amides is 1. The van der Waals surface area contributed by atoms with Crippen LogP contribution in [0, 0.1) is 17.8 Å². The van der Waals surface area contributed by atoms with E-state index in [4.69, 9.17) is 11.5 Å². The first kappa shape index (κ1) is 13.1. The number of carbonyl (C=O) groups excluding carboxylic acids is 1. The molecule has 0 heterocycles. The van der Waals surface area contributed by atoms with Gasteiger partial charge >= 0.3 is 0 Å². The highest BCUT2D eigenvalue weighted by Gasteiger charge is 2.41. The Morgan fingerprint density at radius 1 is 1.44 bits per heavy atom. The Bertz CT molecular complexity index is 264. The van der Waals surface area contributed by atoms with Gasteiger partial charge in [0.15, 0.2) is 0 Å². The molecule has 0 saturated heterocycles. The van der Waals surface area contributed by atoms with Crippen LogP contribution in [0.4, 0.5) is 0 Å². The lowest BCUT2D eigenvalue weighted by Gasteiger charge is -2.14. The van der Waals surface area contributed by atoms with E-state index in [1.165, 1.54) is 0 Å². The zero-order chi connectivity index (χ0) is 11.9. The molecular formula is C13H21NO2. The van der Waals surface area contributed by atoms with E-state index in [1.54, 1.807) is 0 Å². The fraction of sp³-hybridized carbons (Fsp3) is 0.769. The van der Waals surface area contributed by atoms with Crippen LogP contribution >= 0.6 is 0 Å². The van der Waals surface area contributed by atoms with Crippen LogP contribution in [0.15, 0.2) is 0 Å². The molecule has 2 N–H and O–H groups in total. The number of aliphatic hydroxyl groups is 1. The van der Waals surface area contributed by atoms with Crippen molar-refractivity contribution in [3.8, 4) is 12.3 Å². The highest BCUT2D eigenvalue weighted by molar-refractivity contribution is 5.75.